The molecule has 0 spiro atoms. The van der Waals surface area contributed by atoms with Crippen molar-refractivity contribution in [2.24, 2.45) is 4.99 Å². The van der Waals surface area contributed by atoms with Gasteiger partial charge in [-0.15, -0.1) is 0 Å². The van der Waals surface area contributed by atoms with Gasteiger partial charge in [-0.1, -0.05) is 36.4 Å². The molecule has 1 N–H and O–H groups in total. The number of para-hydroxylation sites is 1. The lowest BCUT2D eigenvalue weighted by molar-refractivity contribution is -0.112. The Labute approximate surface area is 172 Å². The smallest absolute Gasteiger partial charge is 0.167 e. The second kappa shape index (κ2) is 7.69. The van der Waals surface area contributed by atoms with E-state index < -0.39 is 0 Å². The van der Waals surface area contributed by atoms with Crippen LogP contribution in [0, 0.1) is 0 Å². The largest absolute Gasteiger partial charge is 0.315 e. The molecule has 148 valence electrons. The predicted molar refractivity (Wildman–Crippen MR) is 118 cm³/mol. The molecule has 1 unspecified atom stereocenters. The molecule has 2 aromatic carbocycles. The molecule has 1 saturated heterocycles. The summed E-state index contributed by atoms with van der Waals surface area (Å²) >= 11 is 0. The van der Waals surface area contributed by atoms with E-state index in [-0.39, 0.29) is 5.78 Å². The highest BCUT2D eigenvalue weighted by atomic mass is 16.1. The number of benzene rings is 2. The van der Waals surface area contributed by atoms with Crippen LogP contribution in [0.15, 0.2) is 53.5 Å². The van der Waals surface area contributed by atoms with Gasteiger partial charge in [-0.25, -0.2) is 0 Å². The van der Waals surface area contributed by atoms with E-state index in [4.69, 9.17) is 4.99 Å². The van der Waals surface area contributed by atoms with Gasteiger partial charge < -0.3 is 5.32 Å². The van der Waals surface area contributed by atoms with Crippen molar-refractivity contribution in [1.82, 2.24) is 10.2 Å². The maximum absolute atomic E-state index is 12.9. The van der Waals surface area contributed by atoms with Crippen LogP contribution in [0.3, 0.4) is 0 Å². The van der Waals surface area contributed by atoms with Crippen LogP contribution in [0.25, 0.3) is 5.57 Å². The standard InChI is InChI=1S/C25H27N3O/c1-17-15-26-10-5-11-28(17)16-20-8-4-7-19-13-24(29)22(25(19)20)14-21-12-18-6-2-3-9-23(18)27-21/h2-4,6-9,14,17,26H,5,10-13,15-16H2,1H3/b22-14+. The van der Waals surface area contributed by atoms with Gasteiger partial charge in [0.25, 0.3) is 0 Å². The van der Waals surface area contributed by atoms with Crippen LogP contribution in [-0.4, -0.2) is 42.1 Å². The van der Waals surface area contributed by atoms with Gasteiger partial charge in [0, 0.05) is 49.8 Å². The van der Waals surface area contributed by atoms with Gasteiger partial charge in [-0.3, -0.25) is 14.7 Å². The van der Waals surface area contributed by atoms with Gasteiger partial charge >= 0.3 is 0 Å². The Morgan fingerprint density at radius 2 is 2.00 bits per heavy atom. The van der Waals surface area contributed by atoms with E-state index >= 15 is 0 Å². The van der Waals surface area contributed by atoms with Crippen LogP contribution in [0.4, 0.5) is 5.69 Å². The van der Waals surface area contributed by atoms with Gasteiger partial charge in [0.15, 0.2) is 5.78 Å². The summed E-state index contributed by atoms with van der Waals surface area (Å²) in [5.41, 5.74) is 7.70. The zero-order valence-corrected chi connectivity index (χ0v) is 16.9. The first-order valence-corrected chi connectivity index (χ1v) is 10.7. The number of carbonyl (C=O) groups excluding carboxylic acids is 1. The van der Waals surface area contributed by atoms with E-state index in [1.807, 2.05) is 18.2 Å². The topological polar surface area (TPSA) is 44.7 Å². The number of ketones is 1. The molecule has 29 heavy (non-hydrogen) atoms. The molecule has 4 nitrogen and oxygen atoms in total. The van der Waals surface area contributed by atoms with Crippen molar-refractivity contribution < 1.29 is 4.79 Å². The lowest BCUT2D eigenvalue weighted by atomic mass is 9.97. The molecule has 0 saturated carbocycles. The third-order valence-corrected chi connectivity index (χ3v) is 6.33. The van der Waals surface area contributed by atoms with Crippen molar-refractivity contribution in [3.63, 3.8) is 0 Å². The molecule has 4 heteroatoms. The monoisotopic (exact) mass is 385 g/mol. The molecule has 2 aliphatic heterocycles. The number of nitrogens with zero attached hydrogens (tertiary/aromatic N) is 2. The Morgan fingerprint density at radius 1 is 1.14 bits per heavy atom. The molecule has 5 rings (SSSR count). The number of Topliss-reactive ketones (excluding diaryl/α,β-unsaturated/α-hetero) is 1. The average molecular weight is 386 g/mol. The normalized spacial score (nSPS) is 23.1. The molecule has 3 aliphatic rings. The van der Waals surface area contributed by atoms with Gasteiger partial charge in [-0.05, 0) is 54.3 Å². The lowest BCUT2D eigenvalue weighted by Crippen LogP contribution is -2.37. The molecule has 0 bridgehead atoms. The van der Waals surface area contributed by atoms with Crippen LogP contribution >= 0.6 is 0 Å². The number of nitrogens with one attached hydrogen (secondary N) is 1. The van der Waals surface area contributed by atoms with Gasteiger partial charge in [0.05, 0.1) is 5.69 Å². The Bertz CT molecular complexity index is 1020. The summed E-state index contributed by atoms with van der Waals surface area (Å²) in [6.45, 7) is 6.37. The van der Waals surface area contributed by atoms with E-state index in [0.717, 1.165) is 67.1 Å². The van der Waals surface area contributed by atoms with Crippen molar-refractivity contribution in [3.05, 3.63) is 70.8 Å². The maximum Gasteiger partial charge on any atom is 0.167 e. The second-order valence-electron chi connectivity index (χ2n) is 8.40. The zero-order valence-electron chi connectivity index (χ0n) is 16.9. The number of rotatable bonds is 3. The first kappa shape index (κ1) is 18.5. The molecule has 2 heterocycles. The van der Waals surface area contributed by atoms with Crippen molar-refractivity contribution in [1.29, 1.82) is 0 Å². The van der Waals surface area contributed by atoms with Gasteiger partial charge in [0.1, 0.15) is 0 Å². The summed E-state index contributed by atoms with van der Waals surface area (Å²) in [7, 11) is 0. The third kappa shape index (κ3) is 3.59. The molecule has 2 aromatic rings. The number of hydrogen-bond acceptors (Lipinski definition) is 4. The highest BCUT2D eigenvalue weighted by molar-refractivity contribution is 6.30. The molecule has 1 fully saturated rings. The molecular formula is C25H27N3O. The molecule has 0 amide bonds. The van der Waals surface area contributed by atoms with Gasteiger partial charge in [0.2, 0.25) is 0 Å². The first-order chi connectivity index (χ1) is 14.2. The van der Waals surface area contributed by atoms with E-state index in [2.05, 4.69) is 47.5 Å². The minimum atomic E-state index is 0.219. The van der Waals surface area contributed by atoms with Crippen LogP contribution in [0.2, 0.25) is 0 Å². The van der Waals surface area contributed by atoms with Crippen LogP contribution in [-0.2, 0) is 24.2 Å². The fourth-order valence-corrected chi connectivity index (χ4v) is 4.77. The number of fused-ring (bicyclic) bond motifs is 2. The summed E-state index contributed by atoms with van der Waals surface area (Å²) < 4.78 is 0. The van der Waals surface area contributed by atoms with Gasteiger partial charge in [-0.2, -0.15) is 0 Å². The molecule has 1 atom stereocenters. The SMILES string of the molecule is CC1CNCCCN1Cc1cccc2c1/C(=C/C1=Nc3ccccc3C1)C(=O)C2. The van der Waals surface area contributed by atoms with Crippen molar-refractivity contribution >= 4 is 22.8 Å². The van der Waals surface area contributed by atoms with Crippen molar-refractivity contribution in [3.8, 4) is 0 Å². The summed E-state index contributed by atoms with van der Waals surface area (Å²) in [4.78, 5) is 20.2. The Balaban J connectivity index is 1.48. The number of hydrogen-bond donors (Lipinski definition) is 1. The van der Waals surface area contributed by atoms with E-state index in [0.29, 0.717) is 12.5 Å². The second-order valence-corrected chi connectivity index (χ2v) is 8.40. The van der Waals surface area contributed by atoms with E-state index in [1.54, 1.807) is 0 Å². The lowest BCUT2D eigenvalue weighted by Gasteiger charge is -2.27. The molecular weight excluding hydrogens is 358 g/mol. The van der Waals surface area contributed by atoms with Crippen LogP contribution < -0.4 is 5.32 Å². The summed E-state index contributed by atoms with van der Waals surface area (Å²) in [5.74, 6) is 0.219. The summed E-state index contributed by atoms with van der Waals surface area (Å²) in [5, 5.41) is 3.51. The quantitative estimate of drug-likeness (QED) is 0.820. The zero-order chi connectivity index (χ0) is 19.8. The third-order valence-electron chi connectivity index (χ3n) is 6.33. The minimum absolute atomic E-state index is 0.219. The molecule has 0 radical (unpaired) electrons. The van der Waals surface area contributed by atoms with E-state index in [9.17, 15) is 4.79 Å². The number of aliphatic imine (C=N–C) groups is 1. The van der Waals surface area contributed by atoms with Crippen molar-refractivity contribution in [2.45, 2.75) is 38.8 Å². The number of carbonyl (C=O) groups is 1. The first-order valence-electron chi connectivity index (χ1n) is 10.7. The Morgan fingerprint density at radius 3 is 2.90 bits per heavy atom. The highest BCUT2D eigenvalue weighted by Crippen LogP contribution is 2.35. The fraction of sp³-hybridized carbons (Fsp3) is 0.360. The van der Waals surface area contributed by atoms with Crippen molar-refractivity contribution in [2.75, 3.05) is 19.6 Å². The molecule has 0 aromatic heterocycles. The maximum atomic E-state index is 12.9. The van der Waals surface area contributed by atoms with Crippen LogP contribution in [0.5, 0.6) is 0 Å². The Hall–Kier alpha value is -2.56. The number of allylic oxidation sites excluding steroid dienone is 2. The average Bonchev–Trinajstić information content (AvgIpc) is 3.20. The molecule has 1 aliphatic carbocycles. The summed E-state index contributed by atoms with van der Waals surface area (Å²) in [6, 6.07) is 15.1. The predicted octanol–water partition coefficient (Wildman–Crippen LogP) is 3.71. The minimum Gasteiger partial charge on any atom is -0.315 e. The van der Waals surface area contributed by atoms with Crippen LogP contribution in [0.1, 0.15) is 35.6 Å². The Kier molecular flexibility index (Phi) is 4.90. The summed E-state index contributed by atoms with van der Waals surface area (Å²) in [6.07, 6.45) is 4.52. The fourth-order valence-electron chi connectivity index (χ4n) is 4.77. The highest BCUT2D eigenvalue weighted by Gasteiger charge is 2.29. The van der Waals surface area contributed by atoms with E-state index in [1.165, 1.54) is 11.1 Å².